The summed E-state index contributed by atoms with van der Waals surface area (Å²) in [6.45, 7) is 0.594. The van der Waals surface area contributed by atoms with Crippen LogP contribution >= 0.6 is 0 Å². The number of aliphatic hydroxyl groups is 1. The third-order valence-corrected chi connectivity index (χ3v) is 6.27. The summed E-state index contributed by atoms with van der Waals surface area (Å²) >= 11 is 0. The number of nitrogens with one attached hydrogen (secondary N) is 1. The molecule has 0 radical (unpaired) electrons. The number of nitrogens with zero attached hydrogens (tertiary/aromatic N) is 3. The maximum absolute atomic E-state index is 13.4. The topological polar surface area (TPSA) is 94.9 Å². The van der Waals surface area contributed by atoms with Gasteiger partial charge in [-0.1, -0.05) is 36.4 Å². The number of aromatic nitrogens is 1. The first kappa shape index (κ1) is 21.3. The second kappa shape index (κ2) is 8.64. The number of carbonyl (C=O) groups is 2. The molecule has 4 rings (SSSR count). The van der Waals surface area contributed by atoms with E-state index in [1.807, 2.05) is 44.4 Å². The van der Waals surface area contributed by atoms with Gasteiger partial charge in [-0.25, -0.2) is 0 Å². The molecule has 2 aliphatic rings. The van der Waals surface area contributed by atoms with Crippen LogP contribution in [0, 0.1) is 11.8 Å². The summed E-state index contributed by atoms with van der Waals surface area (Å²) in [5.41, 5.74) is 1.45. The van der Waals surface area contributed by atoms with Crippen molar-refractivity contribution < 1.29 is 14.7 Å². The van der Waals surface area contributed by atoms with Crippen molar-refractivity contribution in [1.82, 2.24) is 19.7 Å². The van der Waals surface area contributed by atoms with Gasteiger partial charge in [0.2, 0.25) is 11.8 Å². The van der Waals surface area contributed by atoms with Crippen molar-refractivity contribution in [3.8, 4) is 0 Å². The Morgan fingerprint density at radius 3 is 2.55 bits per heavy atom. The molecule has 2 aromatic rings. The smallest absolute Gasteiger partial charge is 0.250 e. The Kier molecular flexibility index (Phi) is 5.93. The highest BCUT2D eigenvalue weighted by molar-refractivity contribution is 5.85. The average molecular weight is 425 g/mol. The SMILES string of the molecule is CN(C)CC(=O)N1[C@@H]2Cn3c(cccc3=O)[C@H]1[C@@H](C(=O)NCc1ccccc1)[C@@H]2CO. The number of carbonyl (C=O) groups excluding carboxylic acids is 2. The Morgan fingerprint density at radius 2 is 1.87 bits per heavy atom. The van der Waals surface area contributed by atoms with E-state index in [0.29, 0.717) is 12.2 Å². The normalized spacial score (nSPS) is 24.2. The lowest BCUT2D eigenvalue weighted by atomic mass is 9.86. The summed E-state index contributed by atoms with van der Waals surface area (Å²) < 4.78 is 1.64. The second-order valence-electron chi connectivity index (χ2n) is 8.53. The van der Waals surface area contributed by atoms with Crippen LogP contribution in [0.2, 0.25) is 0 Å². The van der Waals surface area contributed by atoms with E-state index in [1.165, 1.54) is 6.07 Å². The number of rotatable bonds is 6. The number of hydrogen-bond acceptors (Lipinski definition) is 5. The lowest BCUT2D eigenvalue weighted by Gasteiger charge is -2.38. The van der Waals surface area contributed by atoms with Crippen LogP contribution in [-0.2, 0) is 22.7 Å². The minimum atomic E-state index is -0.639. The number of amides is 2. The van der Waals surface area contributed by atoms with Crippen LogP contribution in [0.1, 0.15) is 17.3 Å². The van der Waals surface area contributed by atoms with E-state index < -0.39 is 23.9 Å². The zero-order chi connectivity index (χ0) is 22.1. The number of likely N-dealkylation sites (N-methyl/N-ethyl adjacent to an activating group) is 1. The Labute approximate surface area is 181 Å². The molecule has 0 aliphatic carbocycles. The van der Waals surface area contributed by atoms with Crippen molar-refractivity contribution in [3.05, 3.63) is 70.1 Å². The number of benzene rings is 1. The number of fused-ring (bicyclic) bond motifs is 4. The van der Waals surface area contributed by atoms with Gasteiger partial charge in [-0.3, -0.25) is 14.4 Å². The van der Waals surface area contributed by atoms with Crippen LogP contribution in [-0.4, -0.2) is 64.6 Å². The molecule has 4 atom stereocenters. The standard InChI is InChI=1S/C23H28N4O4/c1-25(2)13-20(30)27-18-12-26-17(9-6-10-19(26)29)22(27)21(16(18)14-28)23(31)24-11-15-7-4-3-5-8-15/h3-10,16,18,21-22,28H,11-14H2,1-2H3,(H,24,31)/t16-,18-,21+,22+/m1/s1. The number of hydrogen-bond donors (Lipinski definition) is 2. The van der Waals surface area contributed by atoms with Gasteiger partial charge in [-0.2, -0.15) is 0 Å². The van der Waals surface area contributed by atoms with Crippen LogP contribution in [0.15, 0.2) is 53.3 Å². The van der Waals surface area contributed by atoms with Gasteiger partial charge in [0.05, 0.1) is 24.5 Å². The van der Waals surface area contributed by atoms with Crippen molar-refractivity contribution in [2.45, 2.75) is 25.2 Å². The predicted octanol–water partition coefficient (Wildman–Crippen LogP) is 0.217. The average Bonchev–Trinajstić information content (AvgIpc) is 3.00. The molecule has 0 spiro atoms. The Morgan fingerprint density at radius 1 is 1.13 bits per heavy atom. The zero-order valence-electron chi connectivity index (χ0n) is 17.8. The van der Waals surface area contributed by atoms with Crippen molar-refractivity contribution in [3.63, 3.8) is 0 Å². The highest BCUT2D eigenvalue weighted by Crippen LogP contribution is 2.48. The fraction of sp³-hybridized carbons (Fsp3) is 0.435. The summed E-state index contributed by atoms with van der Waals surface area (Å²) in [4.78, 5) is 42.5. The molecule has 1 fully saturated rings. The van der Waals surface area contributed by atoms with Crippen molar-refractivity contribution in [1.29, 1.82) is 0 Å². The van der Waals surface area contributed by atoms with E-state index in [4.69, 9.17) is 0 Å². The van der Waals surface area contributed by atoms with E-state index in [1.54, 1.807) is 26.5 Å². The van der Waals surface area contributed by atoms with Crippen LogP contribution in [0.25, 0.3) is 0 Å². The van der Waals surface area contributed by atoms with Crippen LogP contribution in [0.5, 0.6) is 0 Å². The molecule has 1 aromatic carbocycles. The van der Waals surface area contributed by atoms with E-state index in [0.717, 1.165) is 5.56 Å². The summed E-state index contributed by atoms with van der Waals surface area (Å²) in [5, 5.41) is 13.2. The van der Waals surface area contributed by atoms with Gasteiger partial charge in [0, 0.05) is 37.4 Å². The maximum Gasteiger partial charge on any atom is 0.250 e. The quantitative estimate of drug-likeness (QED) is 0.692. The maximum atomic E-state index is 13.4. The first-order valence-electron chi connectivity index (χ1n) is 10.5. The van der Waals surface area contributed by atoms with Gasteiger partial charge in [0.25, 0.3) is 5.56 Å². The zero-order valence-corrected chi connectivity index (χ0v) is 17.8. The molecule has 164 valence electrons. The lowest BCUT2D eigenvalue weighted by molar-refractivity contribution is -0.137. The number of aliphatic hydroxyl groups excluding tert-OH is 1. The first-order valence-corrected chi connectivity index (χ1v) is 10.5. The van der Waals surface area contributed by atoms with E-state index in [-0.39, 0.29) is 37.1 Å². The molecular formula is C23H28N4O4. The van der Waals surface area contributed by atoms with Crippen LogP contribution < -0.4 is 10.9 Å². The molecule has 8 nitrogen and oxygen atoms in total. The van der Waals surface area contributed by atoms with Crippen LogP contribution in [0.4, 0.5) is 0 Å². The van der Waals surface area contributed by atoms with Gasteiger partial charge >= 0.3 is 0 Å². The van der Waals surface area contributed by atoms with Crippen molar-refractivity contribution in [2.24, 2.45) is 11.8 Å². The van der Waals surface area contributed by atoms with E-state index in [2.05, 4.69) is 5.32 Å². The van der Waals surface area contributed by atoms with Gasteiger partial charge in [0.1, 0.15) is 0 Å². The summed E-state index contributed by atoms with van der Waals surface area (Å²) in [6.07, 6.45) is 0. The molecular weight excluding hydrogens is 396 g/mol. The Balaban J connectivity index is 1.70. The molecule has 1 saturated heterocycles. The van der Waals surface area contributed by atoms with Crippen LogP contribution in [0.3, 0.4) is 0 Å². The largest absolute Gasteiger partial charge is 0.396 e. The van der Waals surface area contributed by atoms with Gasteiger partial charge in [-0.05, 0) is 25.7 Å². The minimum absolute atomic E-state index is 0.112. The summed E-state index contributed by atoms with van der Waals surface area (Å²) in [6, 6.07) is 13.5. The summed E-state index contributed by atoms with van der Waals surface area (Å²) in [7, 11) is 3.63. The molecule has 2 amide bonds. The third kappa shape index (κ3) is 3.88. The molecule has 2 aliphatic heterocycles. The minimum Gasteiger partial charge on any atom is -0.396 e. The van der Waals surface area contributed by atoms with Gasteiger partial charge in [-0.15, -0.1) is 0 Å². The fourth-order valence-electron chi connectivity index (χ4n) is 4.95. The van der Waals surface area contributed by atoms with Gasteiger partial charge < -0.3 is 24.8 Å². The molecule has 3 heterocycles. The molecule has 0 saturated carbocycles. The van der Waals surface area contributed by atoms with Crippen molar-refractivity contribution >= 4 is 11.8 Å². The molecule has 0 unspecified atom stereocenters. The second-order valence-corrected chi connectivity index (χ2v) is 8.53. The Hall–Kier alpha value is -2.97. The molecule has 2 N–H and O–H groups in total. The number of pyridine rings is 1. The van der Waals surface area contributed by atoms with E-state index in [9.17, 15) is 19.5 Å². The van der Waals surface area contributed by atoms with Crippen molar-refractivity contribution in [2.75, 3.05) is 27.2 Å². The third-order valence-electron chi connectivity index (χ3n) is 6.27. The monoisotopic (exact) mass is 424 g/mol. The predicted molar refractivity (Wildman–Crippen MR) is 115 cm³/mol. The van der Waals surface area contributed by atoms with E-state index >= 15 is 0 Å². The molecule has 8 heteroatoms. The lowest BCUT2D eigenvalue weighted by Crippen LogP contribution is -2.51. The summed E-state index contributed by atoms with van der Waals surface area (Å²) in [5.74, 6) is -1.42. The fourth-order valence-corrected chi connectivity index (χ4v) is 4.95. The molecule has 2 bridgehead atoms. The van der Waals surface area contributed by atoms with Gasteiger partial charge in [0.15, 0.2) is 0 Å². The highest BCUT2D eigenvalue weighted by atomic mass is 16.3. The molecule has 1 aromatic heterocycles. The first-order chi connectivity index (χ1) is 14.9. The highest BCUT2D eigenvalue weighted by Gasteiger charge is 2.57. The molecule has 31 heavy (non-hydrogen) atoms. The Bertz CT molecular complexity index is 1020.